The molecule has 2 unspecified atom stereocenters. The summed E-state index contributed by atoms with van der Waals surface area (Å²) in [4.78, 5) is 10.4. The first-order chi connectivity index (χ1) is 7.93. The number of nitro benzene ring substituents is 1. The predicted molar refractivity (Wildman–Crippen MR) is 65.6 cm³/mol. The fourth-order valence-corrected chi connectivity index (χ4v) is 2.20. The number of benzene rings is 1. The van der Waals surface area contributed by atoms with Crippen molar-refractivity contribution in [3.63, 3.8) is 0 Å². The molecule has 0 spiro atoms. The number of alkyl halides is 1. The second-order valence-corrected chi connectivity index (χ2v) is 5.38. The number of nitro groups is 1. The molecule has 0 radical (unpaired) electrons. The van der Waals surface area contributed by atoms with Crippen molar-refractivity contribution in [3.8, 4) is 5.75 Å². The van der Waals surface area contributed by atoms with Crippen molar-refractivity contribution >= 4 is 17.3 Å². The van der Waals surface area contributed by atoms with Crippen molar-refractivity contribution in [1.82, 2.24) is 0 Å². The van der Waals surface area contributed by atoms with Gasteiger partial charge in [-0.05, 0) is 6.07 Å². The molecule has 17 heavy (non-hydrogen) atoms. The molecule has 2 rings (SSSR count). The Balaban J connectivity index is 2.18. The molecule has 1 aliphatic carbocycles. The number of hydrogen-bond donors (Lipinski definition) is 0. The number of para-hydroxylation sites is 2. The Morgan fingerprint density at radius 2 is 2.12 bits per heavy atom. The van der Waals surface area contributed by atoms with Gasteiger partial charge in [-0.2, -0.15) is 0 Å². The second kappa shape index (κ2) is 4.18. The molecule has 0 aromatic heterocycles. The van der Waals surface area contributed by atoms with E-state index in [1.807, 2.05) is 13.8 Å². The van der Waals surface area contributed by atoms with Gasteiger partial charge in [0.2, 0.25) is 0 Å². The molecule has 0 bridgehead atoms. The van der Waals surface area contributed by atoms with Gasteiger partial charge in [-0.3, -0.25) is 10.1 Å². The SMILES string of the molecule is CC1(C)C(Cl)CC1Oc1ccccc1[N+](=O)[O-]. The quantitative estimate of drug-likeness (QED) is 0.473. The molecule has 2 atom stereocenters. The van der Waals surface area contributed by atoms with Gasteiger partial charge in [0.15, 0.2) is 5.75 Å². The van der Waals surface area contributed by atoms with Crippen molar-refractivity contribution in [1.29, 1.82) is 0 Å². The van der Waals surface area contributed by atoms with Crippen molar-refractivity contribution in [2.24, 2.45) is 5.41 Å². The molecule has 4 nitrogen and oxygen atoms in total. The maximum absolute atomic E-state index is 10.8. The van der Waals surface area contributed by atoms with Crippen molar-refractivity contribution in [3.05, 3.63) is 34.4 Å². The van der Waals surface area contributed by atoms with E-state index in [4.69, 9.17) is 16.3 Å². The smallest absolute Gasteiger partial charge is 0.310 e. The molecule has 0 saturated heterocycles. The summed E-state index contributed by atoms with van der Waals surface area (Å²) in [5.74, 6) is 0.319. The Kier molecular flexibility index (Phi) is 3.00. The highest BCUT2D eigenvalue weighted by atomic mass is 35.5. The van der Waals surface area contributed by atoms with E-state index >= 15 is 0 Å². The zero-order chi connectivity index (χ0) is 12.6. The lowest BCUT2D eigenvalue weighted by Gasteiger charge is -2.48. The molecular formula is C12H14ClNO3. The number of rotatable bonds is 3. The molecule has 0 heterocycles. The van der Waals surface area contributed by atoms with Gasteiger partial charge >= 0.3 is 5.69 Å². The highest BCUT2D eigenvalue weighted by Gasteiger charge is 2.49. The molecule has 1 aromatic carbocycles. The van der Waals surface area contributed by atoms with E-state index in [1.54, 1.807) is 18.2 Å². The predicted octanol–water partition coefficient (Wildman–Crippen LogP) is 3.38. The van der Waals surface area contributed by atoms with Crippen LogP contribution in [0.2, 0.25) is 0 Å². The van der Waals surface area contributed by atoms with Crippen LogP contribution in [0.3, 0.4) is 0 Å². The van der Waals surface area contributed by atoms with E-state index in [0.29, 0.717) is 5.75 Å². The first kappa shape index (κ1) is 12.2. The Morgan fingerprint density at radius 3 is 2.65 bits per heavy atom. The van der Waals surface area contributed by atoms with Crippen LogP contribution in [0.5, 0.6) is 5.75 Å². The summed E-state index contributed by atoms with van der Waals surface area (Å²) >= 11 is 6.09. The van der Waals surface area contributed by atoms with E-state index in [2.05, 4.69) is 0 Å². The summed E-state index contributed by atoms with van der Waals surface area (Å²) < 4.78 is 5.70. The zero-order valence-electron chi connectivity index (χ0n) is 9.72. The highest BCUT2D eigenvalue weighted by Crippen LogP contribution is 2.47. The van der Waals surface area contributed by atoms with Gasteiger partial charge in [0.1, 0.15) is 6.10 Å². The second-order valence-electron chi connectivity index (χ2n) is 4.86. The molecule has 1 fully saturated rings. The van der Waals surface area contributed by atoms with E-state index in [9.17, 15) is 10.1 Å². The van der Waals surface area contributed by atoms with Crippen LogP contribution in [0.1, 0.15) is 20.3 Å². The van der Waals surface area contributed by atoms with Crippen molar-refractivity contribution in [2.75, 3.05) is 0 Å². The molecular weight excluding hydrogens is 242 g/mol. The first-order valence-electron chi connectivity index (χ1n) is 5.47. The Bertz CT molecular complexity index is 447. The Hall–Kier alpha value is -1.29. The third-order valence-electron chi connectivity index (χ3n) is 3.39. The van der Waals surface area contributed by atoms with Gasteiger partial charge in [-0.15, -0.1) is 11.6 Å². The van der Waals surface area contributed by atoms with Crippen LogP contribution in [0.4, 0.5) is 5.69 Å². The van der Waals surface area contributed by atoms with Crippen molar-refractivity contribution in [2.45, 2.75) is 31.7 Å². The van der Waals surface area contributed by atoms with Crippen LogP contribution in [0, 0.1) is 15.5 Å². The van der Waals surface area contributed by atoms with E-state index in [-0.39, 0.29) is 22.6 Å². The molecule has 1 aromatic rings. The molecule has 0 N–H and O–H groups in total. The Labute approximate surface area is 105 Å². The Morgan fingerprint density at radius 1 is 1.47 bits per heavy atom. The van der Waals surface area contributed by atoms with Gasteiger partial charge in [0, 0.05) is 23.3 Å². The average Bonchev–Trinajstić information content (AvgIpc) is 2.29. The molecule has 0 amide bonds. The monoisotopic (exact) mass is 255 g/mol. The van der Waals surface area contributed by atoms with Crippen LogP contribution in [0.15, 0.2) is 24.3 Å². The van der Waals surface area contributed by atoms with Gasteiger partial charge in [0.05, 0.1) is 4.92 Å². The topological polar surface area (TPSA) is 52.4 Å². The average molecular weight is 256 g/mol. The lowest BCUT2D eigenvalue weighted by molar-refractivity contribution is -0.386. The van der Waals surface area contributed by atoms with Crippen molar-refractivity contribution < 1.29 is 9.66 Å². The van der Waals surface area contributed by atoms with Crippen LogP contribution >= 0.6 is 11.6 Å². The van der Waals surface area contributed by atoms with Gasteiger partial charge in [0.25, 0.3) is 0 Å². The van der Waals surface area contributed by atoms with Crippen LogP contribution < -0.4 is 4.74 Å². The number of halogens is 1. The van der Waals surface area contributed by atoms with Crippen LogP contribution in [-0.2, 0) is 0 Å². The fraction of sp³-hybridized carbons (Fsp3) is 0.500. The number of ether oxygens (including phenoxy) is 1. The minimum absolute atomic E-state index is 0.00122. The molecule has 92 valence electrons. The van der Waals surface area contributed by atoms with Gasteiger partial charge in [-0.1, -0.05) is 26.0 Å². The van der Waals surface area contributed by atoms with Crippen LogP contribution in [0.25, 0.3) is 0 Å². The number of nitrogens with zero attached hydrogens (tertiary/aromatic N) is 1. The summed E-state index contributed by atoms with van der Waals surface area (Å²) in [6.07, 6.45) is 0.659. The van der Waals surface area contributed by atoms with E-state index in [0.717, 1.165) is 6.42 Å². The minimum atomic E-state index is -0.431. The molecule has 1 aliphatic rings. The molecule has 1 saturated carbocycles. The normalized spacial score (nSPS) is 26.1. The van der Waals surface area contributed by atoms with E-state index in [1.165, 1.54) is 6.07 Å². The highest BCUT2D eigenvalue weighted by molar-refractivity contribution is 6.21. The maximum Gasteiger partial charge on any atom is 0.310 e. The van der Waals surface area contributed by atoms with E-state index < -0.39 is 4.92 Å². The molecule has 0 aliphatic heterocycles. The molecule has 5 heteroatoms. The van der Waals surface area contributed by atoms with Gasteiger partial charge < -0.3 is 4.74 Å². The number of hydrogen-bond acceptors (Lipinski definition) is 3. The fourth-order valence-electron chi connectivity index (χ4n) is 1.90. The van der Waals surface area contributed by atoms with Gasteiger partial charge in [-0.25, -0.2) is 0 Å². The largest absolute Gasteiger partial charge is 0.483 e. The third-order valence-corrected chi connectivity index (χ3v) is 4.13. The minimum Gasteiger partial charge on any atom is -0.483 e. The summed E-state index contributed by atoms with van der Waals surface area (Å²) in [7, 11) is 0. The summed E-state index contributed by atoms with van der Waals surface area (Å²) in [5, 5.41) is 10.9. The lowest BCUT2D eigenvalue weighted by Crippen LogP contribution is -2.53. The van der Waals surface area contributed by atoms with Crippen LogP contribution in [-0.4, -0.2) is 16.4 Å². The lowest BCUT2D eigenvalue weighted by atomic mass is 9.68. The zero-order valence-corrected chi connectivity index (χ0v) is 10.5. The summed E-state index contributed by atoms with van der Waals surface area (Å²) in [6, 6.07) is 6.42. The third kappa shape index (κ3) is 2.09. The maximum atomic E-state index is 10.8. The summed E-state index contributed by atoms with van der Waals surface area (Å²) in [6.45, 7) is 4.02. The standard InChI is InChI=1S/C12H14ClNO3/c1-12(2)10(13)7-11(12)17-9-6-4-3-5-8(9)14(15)16/h3-6,10-11H,7H2,1-2H3. The first-order valence-corrected chi connectivity index (χ1v) is 5.90. The summed E-state index contributed by atoms with van der Waals surface area (Å²) in [5.41, 5.74) is -0.146.